The van der Waals surface area contributed by atoms with Gasteiger partial charge in [0.15, 0.2) is 0 Å². The van der Waals surface area contributed by atoms with Gasteiger partial charge in [0, 0.05) is 0 Å². The first-order valence-corrected chi connectivity index (χ1v) is 3.77. The van der Waals surface area contributed by atoms with E-state index in [1.165, 1.54) is 12.7 Å². The molecule has 15 heavy (non-hydrogen) atoms. The molecule has 1 aliphatic heterocycles. The van der Waals surface area contributed by atoms with Crippen molar-refractivity contribution in [3.05, 3.63) is 12.7 Å². The third-order valence-corrected chi connectivity index (χ3v) is 1.51. The Morgan fingerprint density at radius 3 is 2.13 bits per heavy atom. The van der Waals surface area contributed by atoms with Crippen molar-refractivity contribution in [1.29, 1.82) is 0 Å². The van der Waals surface area contributed by atoms with Crippen molar-refractivity contribution < 1.29 is 14.4 Å². The fourth-order valence-electron chi connectivity index (χ4n) is 0.912. The van der Waals surface area contributed by atoms with Gasteiger partial charge in [-0.3, -0.25) is 20.2 Å². The number of aromatic nitrogens is 3. The van der Waals surface area contributed by atoms with E-state index >= 15 is 0 Å². The predicted molar refractivity (Wildman–Crippen MR) is 44.5 cm³/mol. The zero-order valence-electron chi connectivity index (χ0n) is 7.17. The molecule has 0 aliphatic carbocycles. The molecule has 9 heteroatoms. The molecule has 2 rings (SSSR count). The van der Waals surface area contributed by atoms with Gasteiger partial charge in [-0.25, -0.2) is 9.47 Å². The topological polar surface area (TPSA) is 118 Å². The van der Waals surface area contributed by atoms with Crippen molar-refractivity contribution in [1.82, 2.24) is 25.5 Å². The average molecular weight is 208 g/mol. The third-order valence-electron chi connectivity index (χ3n) is 1.51. The molecule has 0 atom stereocenters. The maximum absolute atomic E-state index is 11.2. The molecule has 0 unspecified atom stereocenters. The molecule has 1 aromatic heterocycles. The number of imide groups is 2. The molecule has 2 N–H and O–H groups in total. The summed E-state index contributed by atoms with van der Waals surface area (Å²) < 4.78 is 1.07. The van der Waals surface area contributed by atoms with E-state index in [1.54, 1.807) is 0 Å². The van der Waals surface area contributed by atoms with Crippen molar-refractivity contribution in [2.45, 2.75) is 0 Å². The Hall–Kier alpha value is -2.58. The van der Waals surface area contributed by atoms with Gasteiger partial charge in [0.05, 0.1) is 0 Å². The number of carbonyl (C=O) groups excluding carboxylic acids is 3. The van der Waals surface area contributed by atoms with E-state index in [2.05, 4.69) is 15.3 Å². The van der Waals surface area contributed by atoms with Gasteiger partial charge in [-0.05, 0) is 0 Å². The Morgan fingerprint density at radius 2 is 1.60 bits per heavy atom. The summed E-state index contributed by atoms with van der Waals surface area (Å²) in [5.74, 6) is -1.73. The highest BCUT2D eigenvalue weighted by Gasteiger charge is 2.29. The number of hydrogen-bond acceptors (Lipinski definition) is 6. The van der Waals surface area contributed by atoms with Gasteiger partial charge in [-0.1, -0.05) is 0 Å². The monoisotopic (exact) mass is 208 g/mol. The lowest BCUT2D eigenvalue weighted by Gasteiger charge is -2.12. The molecule has 0 bridgehead atoms. The normalized spacial score (nSPS) is 16.0. The second kappa shape index (κ2) is 3.29. The van der Waals surface area contributed by atoms with E-state index in [4.69, 9.17) is 0 Å². The van der Waals surface area contributed by atoms with Crippen LogP contribution in [0, 0.1) is 0 Å². The Kier molecular flexibility index (Phi) is 1.97. The molecule has 0 saturated carbocycles. The van der Waals surface area contributed by atoms with Gasteiger partial charge in [0.1, 0.15) is 12.7 Å². The summed E-state index contributed by atoms with van der Waals surface area (Å²) in [4.78, 5) is 33.0. The lowest BCUT2D eigenvalue weighted by Crippen LogP contribution is -2.56. The zero-order chi connectivity index (χ0) is 10.8. The van der Waals surface area contributed by atoms with Crippen LogP contribution in [0.25, 0.3) is 0 Å². The molecule has 2 heterocycles. The van der Waals surface area contributed by atoms with Crippen LogP contribution in [0.15, 0.2) is 17.8 Å². The van der Waals surface area contributed by atoms with E-state index < -0.39 is 23.6 Å². The van der Waals surface area contributed by atoms with Gasteiger partial charge < -0.3 is 0 Å². The Bertz CT molecular complexity index is 439. The van der Waals surface area contributed by atoms with Gasteiger partial charge in [0.2, 0.25) is 5.71 Å². The Balaban J connectivity index is 2.32. The van der Waals surface area contributed by atoms with Gasteiger partial charge in [-0.15, -0.1) is 10.2 Å². The molecule has 1 aliphatic rings. The molecule has 9 nitrogen and oxygen atoms in total. The highest BCUT2D eigenvalue weighted by atomic mass is 16.2. The summed E-state index contributed by atoms with van der Waals surface area (Å²) in [5, 5.41) is 14.2. The van der Waals surface area contributed by atoms with E-state index in [0.29, 0.717) is 0 Å². The van der Waals surface area contributed by atoms with Gasteiger partial charge in [-0.2, -0.15) is 5.10 Å². The summed E-state index contributed by atoms with van der Waals surface area (Å²) in [7, 11) is 0. The van der Waals surface area contributed by atoms with E-state index in [1.807, 2.05) is 10.6 Å². The number of rotatable bonds is 1. The SMILES string of the molecule is O=C1NC(=O)C(=Nn2cnnc2)C(=O)N1. The minimum atomic E-state index is -0.868. The molecule has 1 fully saturated rings. The lowest BCUT2D eigenvalue weighted by molar-refractivity contribution is -0.119. The zero-order valence-corrected chi connectivity index (χ0v) is 7.17. The second-order valence-corrected chi connectivity index (χ2v) is 2.53. The summed E-state index contributed by atoms with van der Waals surface area (Å²) >= 11 is 0. The number of nitrogens with one attached hydrogen (secondary N) is 2. The van der Waals surface area contributed by atoms with Crippen LogP contribution >= 0.6 is 0 Å². The molecule has 0 aromatic carbocycles. The maximum atomic E-state index is 11.2. The largest absolute Gasteiger partial charge is 0.328 e. The number of amides is 4. The van der Waals surface area contributed by atoms with Crippen molar-refractivity contribution in [3.63, 3.8) is 0 Å². The molecular weight excluding hydrogens is 204 g/mol. The summed E-state index contributed by atoms with van der Waals surface area (Å²) in [6.45, 7) is 0. The van der Waals surface area contributed by atoms with Crippen molar-refractivity contribution in [2.24, 2.45) is 5.10 Å². The van der Waals surface area contributed by atoms with Gasteiger partial charge >= 0.3 is 6.03 Å². The van der Waals surface area contributed by atoms with Crippen LogP contribution in [0.2, 0.25) is 0 Å². The summed E-state index contributed by atoms with van der Waals surface area (Å²) in [5.41, 5.74) is -0.436. The number of urea groups is 1. The molecule has 1 aromatic rings. The smallest absolute Gasteiger partial charge is 0.272 e. The summed E-state index contributed by atoms with van der Waals surface area (Å²) in [6, 6.07) is -0.868. The number of barbiturate groups is 1. The predicted octanol–water partition coefficient (Wildman–Crippen LogP) is -2.15. The maximum Gasteiger partial charge on any atom is 0.328 e. The molecule has 0 radical (unpaired) electrons. The van der Waals surface area contributed by atoms with E-state index in [0.717, 1.165) is 4.68 Å². The molecule has 1 saturated heterocycles. The lowest BCUT2D eigenvalue weighted by atomic mass is 10.3. The van der Waals surface area contributed by atoms with Crippen LogP contribution in [0.1, 0.15) is 0 Å². The molecule has 0 spiro atoms. The van der Waals surface area contributed by atoms with E-state index in [9.17, 15) is 14.4 Å². The second-order valence-electron chi connectivity index (χ2n) is 2.53. The first-order valence-electron chi connectivity index (χ1n) is 3.77. The standard InChI is InChI=1S/C6H4N6O3/c13-4-3(5(14)10-6(15)9-4)11-12-1-7-8-2-12/h1-2H,(H2,9,10,13,14,15). The molecule has 76 valence electrons. The number of carbonyl (C=O) groups is 3. The molecule has 4 amide bonds. The van der Waals surface area contributed by atoms with Crippen LogP contribution in [0.5, 0.6) is 0 Å². The van der Waals surface area contributed by atoms with Crippen molar-refractivity contribution in [3.8, 4) is 0 Å². The van der Waals surface area contributed by atoms with Crippen LogP contribution < -0.4 is 10.6 Å². The number of nitrogens with zero attached hydrogens (tertiary/aromatic N) is 4. The third kappa shape index (κ3) is 1.70. The minimum Gasteiger partial charge on any atom is -0.272 e. The Labute approximate surface area is 82.2 Å². The summed E-state index contributed by atoms with van der Waals surface area (Å²) in [6.07, 6.45) is 2.40. The highest BCUT2D eigenvalue weighted by Crippen LogP contribution is 1.90. The van der Waals surface area contributed by atoms with Crippen LogP contribution in [0.3, 0.4) is 0 Å². The van der Waals surface area contributed by atoms with E-state index in [-0.39, 0.29) is 0 Å². The minimum absolute atomic E-state index is 0.436. The number of hydrogen-bond donors (Lipinski definition) is 2. The quantitative estimate of drug-likeness (QED) is 0.545. The average Bonchev–Trinajstić information content (AvgIpc) is 2.63. The molecular formula is C6H4N6O3. The van der Waals surface area contributed by atoms with Crippen LogP contribution in [-0.2, 0) is 9.59 Å². The van der Waals surface area contributed by atoms with Crippen LogP contribution in [-0.4, -0.2) is 38.4 Å². The first kappa shape index (κ1) is 8.99. The highest BCUT2D eigenvalue weighted by molar-refractivity contribution is 6.68. The van der Waals surface area contributed by atoms with Crippen LogP contribution in [0.4, 0.5) is 4.79 Å². The Morgan fingerprint density at radius 1 is 1.07 bits per heavy atom. The first-order chi connectivity index (χ1) is 7.16. The van der Waals surface area contributed by atoms with Gasteiger partial charge in [0.25, 0.3) is 11.8 Å². The van der Waals surface area contributed by atoms with Crippen molar-refractivity contribution in [2.75, 3.05) is 0 Å². The van der Waals surface area contributed by atoms with Crippen molar-refractivity contribution >= 4 is 23.6 Å². The fourth-order valence-corrected chi connectivity index (χ4v) is 0.912. The fraction of sp³-hybridized carbons (Fsp3) is 0.